The minimum absolute atomic E-state index is 0.287. The normalized spacial score (nSPS) is 11.7. The first kappa shape index (κ1) is 13.8. The summed E-state index contributed by atoms with van der Waals surface area (Å²) in [6.45, 7) is 7.83. The topological polar surface area (TPSA) is 57.2 Å². The fourth-order valence-electron chi connectivity index (χ4n) is 2.07. The summed E-state index contributed by atoms with van der Waals surface area (Å²) in [6, 6.07) is 0. The molecule has 0 spiro atoms. The number of carbonyl (C=O) groups excluding carboxylic acids is 1. The van der Waals surface area contributed by atoms with Crippen LogP contribution in [0.5, 0.6) is 0 Å². The first-order valence-corrected chi connectivity index (χ1v) is 5.71. The van der Waals surface area contributed by atoms with E-state index in [0.717, 1.165) is 17.0 Å². The van der Waals surface area contributed by atoms with E-state index in [1.54, 1.807) is 0 Å². The fourth-order valence-corrected chi connectivity index (χ4v) is 2.07. The quantitative estimate of drug-likeness (QED) is 0.816. The molecule has 0 fully saturated rings. The number of aromatic nitrogens is 1. The lowest BCUT2D eigenvalue weighted by Crippen LogP contribution is -2.35. The molecule has 96 valence electrons. The van der Waals surface area contributed by atoms with Crippen molar-refractivity contribution in [3.63, 3.8) is 0 Å². The van der Waals surface area contributed by atoms with Crippen molar-refractivity contribution in [3.05, 3.63) is 22.5 Å². The molecule has 0 atom stereocenters. The van der Waals surface area contributed by atoms with E-state index in [2.05, 4.69) is 0 Å². The summed E-state index contributed by atoms with van der Waals surface area (Å²) in [5, 5.41) is 0. The van der Waals surface area contributed by atoms with Crippen LogP contribution in [0, 0.1) is 13.8 Å². The monoisotopic (exact) mass is 238 g/mol. The van der Waals surface area contributed by atoms with Crippen LogP contribution in [0.2, 0.25) is 0 Å². The van der Waals surface area contributed by atoms with Gasteiger partial charge >= 0.3 is 5.97 Å². The third kappa shape index (κ3) is 2.69. The smallest absolute Gasteiger partial charge is 0.339 e. The Balaban J connectivity index is 3.37. The number of esters is 1. The maximum atomic E-state index is 11.8. The van der Waals surface area contributed by atoms with Crippen LogP contribution in [0.4, 0.5) is 0 Å². The van der Waals surface area contributed by atoms with Crippen LogP contribution >= 0.6 is 0 Å². The van der Waals surface area contributed by atoms with Gasteiger partial charge in [0.2, 0.25) is 0 Å². The van der Waals surface area contributed by atoms with Crippen LogP contribution in [0.25, 0.3) is 0 Å². The van der Waals surface area contributed by atoms with Gasteiger partial charge in [-0.05, 0) is 39.7 Å². The fraction of sp³-hybridized carbons (Fsp3) is 0.615. The van der Waals surface area contributed by atoms with Gasteiger partial charge in [-0.1, -0.05) is 0 Å². The molecule has 1 heterocycles. The maximum Gasteiger partial charge on any atom is 0.339 e. The molecule has 1 aromatic rings. The summed E-state index contributed by atoms with van der Waals surface area (Å²) < 4.78 is 6.85. The van der Waals surface area contributed by atoms with Gasteiger partial charge in [-0.25, -0.2) is 4.79 Å². The number of hydrogen-bond acceptors (Lipinski definition) is 3. The highest BCUT2D eigenvalue weighted by Gasteiger charge is 2.25. The summed E-state index contributed by atoms with van der Waals surface area (Å²) >= 11 is 0. The number of methoxy groups -OCH3 is 1. The number of hydrogen-bond donors (Lipinski definition) is 1. The Morgan fingerprint density at radius 2 is 1.88 bits per heavy atom. The lowest BCUT2D eigenvalue weighted by atomic mass is 9.93. The predicted octanol–water partition coefficient (Wildman–Crippen LogP) is 1.71. The number of carbonyl (C=O) groups is 1. The SMILES string of the molecule is COC(=O)c1c(CC(C)(C)N)c(C)n(C)c1C. The van der Waals surface area contributed by atoms with E-state index in [1.165, 1.54) is 7.11 Å². The molecule has 4 nitrogen and oxygen atoms in total. The zero-order valence-electron chi connectivity index (χ0n) is 11.5. The molecule has 0 radical (unpaired) electrons. The van der Waals surface area contributed by atoms with E-state index < -0.39 is 0 Å². The lowest BCUT2D eigenvalue weighted by Gasteiger charge is -2.19. The van der Waals surface area contributed by atoms with Crippen molar-refractivity contribution in [1.82, 2.24) is 4.57 Å². The van der Waals surface area contributed by atoms with Crippen molar-refractivity contribution in [3.8, 4) is 0 Å². The van der Waals surface area contributed by atoms with Crippen LogP contribution < -0.4 is 5.73 Å². The molecular formula is C13H22N2O2. The Hall–Kier alpha value is -1.29. The van der Waals surface area contributed by atoms with Gasteiger partial charge in [0.15, 0.2) is 0 Å². The summed E-state index contributed by atoms with van der Waals surface area (Å²) in [5.41, 5.74) is 9.34. The van der Waals surface area contributed by atoms with E-state index in [0.29, 0.717) is 12.0 Å². The highest BCUT2D eigenvalue weighted by atomic mass is 16.5. The summed E-state index contributed by atoms with van der Waals surface area (Å²) in [7, 11) is 3.35. The van der Waals surface area contributed by atoms with Crippen molar-refractivity contribution in [1.29, 1.82) is 0 Å². The van der Waals surface area contributed by atoms with Crippen molar-refractivity contribution in [2.24, 2.45) is 12.8 Å². The van der Waals surface area contributed by atoms with Crippen LogP contribution in [0.3, 0.4) is 0 Å². The molecule has 0 amide bonds. The van der Waals surface area contributed by atoms with Gasteiger partial charge in [0.05, 0.1) is 12.7 Å². The zero-order chi connectivity index (χ0) is 13.4. The van der Waals surface area contributed by atoms with Crippen molar-refractivity contribution >= 4 is 5.97 Å². The first-order chi connectivity index (χ1) is 7.69. The summed E-state index contributed by atoms with van der Waals surface area (Å²) in [5.74, 6) is -0.287. The minimum atomic E-state index is -0.346. The Bertz CT molecular complexity index is 439. The molecule has 0 aliphatic carbocycles. The zero-order valence-corrected chi connectivity index (χ0v) is 11.5. The van der Waals surface area contributed by atoms with Crippen LogP contribution in [-0.2, 0) is 18.2 Å². The largest absolute Gasteiger partial charge is 0.465 e. The standard InChI is InChI=1S/C13H22N2O2/c1-8-10(7-13(3,4)14)11(12(16)17-6)9(2)15(8)5/h7,14H2,1-6H3. The van der Waals surface area contributed by atoms with Crippen LogP contribution in [-0.4, -0.2) is 23.2 Å². The first-order valence-electron chi connectivity index (χ1n) is 5.71. The maximum absolute atomic E-state index is 11.8. The van der Waals surface area contributed by atoms with Gasteiger partial charge in [0.25, 0.3) is 0 Å². The van der Waals surface area contributed by atoms with E-state index in [4.69, 9.17) is 10.5 Å². The molecule has 4 heteroatoms. The van der Waals surface area contributed by atoms with Gasteiger partial charge < -0.3 is 15.0 Å². The van der Waals surface area contributed by atoms with Crippen molar-refractivity contribution < 1.29 is 9.53 Å². The van der Waals surface area contributed by atoms with E-state index in [1.807, 2.05) is 39.3 Å². The second-order valence-corrected chi connectivity index (χ2v) is 5.24. The number of rotatable bonds is 3. The molecule has 0 saturated heterocycles. The average molecular weight is 238 g/mol. The molecule has 0 aromatic carbocycles. The van der Waals surface area contributed by atoms with E-state index in [9.17, 15) is 4.79 Å². The molecule has 2 N–H and O–H groups in total. The highest BCUT2D eigenvalue weighted by Crippen LogP contribution is 2.25. The summed E-state index contributed by atoms with van der Waals surface area (Å²) in [6.07, 6.45) is 0.658. The second-order valence-electron chi connectivity index (χ2n) is 5.24. The van der Waals surface area contributed by atoms with Crippen LogP contribution in [0.15, 0.2) is 0 Å². The number of nitrogens with zero attached hydrogens (tertiary/aromatic N) is 1. The molecule has 1 aromatic heterocycles. The minimum Gasteiger partial charge on any atom is -0.465 e. The Morgan fingerprint density at radius 1 is 1.35 bits per heavy atom. The third-order valence-electron chi connectivity index (χ3n) is 3.13. The Morgan fingerprint density at radius 3 is 2.29 bits per heavy atom. The number of ether oxygens (including phenoxy) is 1. The molecular weight excluding hydrogens is 216 g/mol. The molecule has 0 aliphatic rings. The number of nitrogens with two attached hydrogens (primary N) is 1. The third-order valence-corrected chi connectivity index (χ3v) is 3.13. The molecule has 0 unspecified atom stereocenters. The lowest BCUT2D eigenvalue weighted by molar-refractivity contribution is 0.0598. The Labute approximate surface area is 103 Å². The molecule has 0 aliphatic heterocycles. The van der Waals surface area contributed by atoms with Gasteiger partial charge in [0.1, 0.15) is 0 Å². The second kappa shape index (κ2) is 4.53. The van der Waals surface area contributed by atoms with Gasteiger partial charge in [-0.15, -0.1) is 0 Å². The Kier molecular flexibility index (Phi) is 3.67. The van der Waals surface area contributed by atoms with E-state index in [-0.39, 0.29) is 11.5 Å². The molecule has 17 heavy (non-hydrogen) atoms. The van der Waals surface area contributed by atoms with Crippen LogP contribution in [0.1, 0.15) is 41.2 Å². The molecule has 0 bridgehead atoms. The predicted molar refractivity (Wildman–Crippen MR) is 68.2 cm³/mol. The van der Waals surface area contributed by atoms with Gasteiger partial charge in [-0.3, -0.25) is 0 Å². The van der Waals surface area contributed by atoms with Crippen molar-refractivity contribution in [2.45, 2.75) is 39.7 Å². The highest BCUT2D eigenvalue weighted by molar-refractivity contribution is 5.93. The van der Waals surface area contributed by atoms with Crippen molar-refractivity contribution in [2.75, 3.05) is 7.11 Å². The van der Waals surface area contributed by atoms with Gasteiger partial charge in [-0.2, -0.15) is 0 Å². The van der Waals surface area contributed by atoms with E-state index >= 15 is 0 Å². The molecule has 0 saturated carbocycles. The van der Waals surface area contributed by atoms with Gasteiger partial charge in [0, 0.05) is 24.0 Å². The average Bonchev–Trinajstić information content (AvgIpc) is 2.41. The summed E-state index contributed by atoms with van der Waals surface area (Å²) in [4.78, 5) is 11.8. The molecule has 1 rings (SSSR count).